The molecule has 1 heterocycles. The molecule has 1 aromatic heterocycles. The van der Waals surface area contributed by atoms with Gasteiger partial charge in [-0.2, -0.15) is 4.68 Å². The van der Waals surface area contributed by atoms with Crippen molar-refractivity contribution in [3.63, 3.8) is 0 Å². The largest absolute Gasteiger partial charge is 0.388 e. The van der Waals surface area contributed by atoms with E-state index in [-0.39, 0.29) is 0 Å². The molecule has 0 bridgehead atoms. The Hall–Kier alpha value is -2.18. The van der Waals surface area contributed by atoms with Gasteiger partial charge in [0.2, 0.25) is 5.16 Å². The fourth-order valence-electron chi connectivity index (χ4n) is 2.21. The lowest BCUT2D eigenvalue weighted by Crippen LogP contribution is -2.04. The highest BCUT2D eigenvalue weighted by Gasteiger charge is 2.13. The number of aliphatic hydroxyl groups excluding tert-OH is 1. The fraction of sp³-hybridized carbons (Fsp3) is 0.235. The third kappa shape index (κ3) is 3.60. The fourth-order valence-corrected chi connectivity index (χ4v) is 3.07. The van der Waals surface area contributed by atoms with Crippen molar-refractivity contribution in [3.8, 4) is 5.69 Å². The molecule has 1 unspecified atom stereocenters. The van der Waals surface area contributed by atoms with Crippen LogP contribution in [0.1, 0.15) is 22.8 Å². The van der Waals surface area contributed by atoms with E-state index in [1.165, 1.54) is 22.9 Å². The zero-order valence-electron chi connectivity index (χ0n) is 13.0. The summed E-state index contributed by atoms with van der Waals surface area (Å²) in [7, 11) is 0. The minimum Gasteiger partial charge on any atom is -0.388 e. The van der Waals surface area contributed by atoms with Crippen molar-refractivity contribution >= 4 is 11.8 Å². The molecule has 0 saturated heterocycles. The van der Waals surface area contributed by atoms with Gasteiger partial charge in [0.05, 0.1) is 11.8 Å². The number of hydrogen-bond acceptors (Lipinski definition) is 5. The number of hydrogen-bond donors (Lipinski definition) is 1. The number of rotatable bonds is 5. The van der Waals surface area contributed by atoms with Gasteiger partial charge in [0, 0.05) is 5.75 Å². The first-order valence-electron chi connectivity index (χ1n) is 7.37. The van der Waals surface area contributed by atoms with E-state index in [0.717, 1.165) is 11.3 Å². The van der Waals surface area contributed by atoms with E-state index in [1.54, 1.807) is 4.68 Å². The number of benzene rings is 2. The van der Waals surface area contributed by atoms with Gasteiger partial charge in [-0.15, -0.1) is 5.10 Å². The number of aliphatic hydroxyl groups is 1. The second-order valence-corrected chi connectivity index (χ2v) is 6.37. The zero-order chi connectivity index (χ0) is 16.2. The standard InChI is InChI=1S/C17H18N4OS/c1-12-8-9-15(10-13(12)2)21-17(18-19-20-21)23-11-16(22)14-6-4-3-5-7-14/h3-10,16,22H,11H2,1-2H3. The van der Waals surface area contributed by atoms with Crippen molar-refractivity contribution in [2.45, 2.75) is 25.1 Å². The van der Waals surface area contributed by atoms with Crippen LogP contribution in [0, 0.1) is 13.8 Å². The van der Waals surface area contributed by atoms with Crippen LogP contribution in [0.3, 0.4) is 0 Å². The van der Waals surface area contributed by atoms with E-state index in [1.807, 2.05) is 36.4 Å². The average Bonchev–Trinajstić information content (AvgIpc) is 3.04. The zero-order valence-corrected chi connectivity index (χ0v) is 13.9. The van der Waals surface area contributed by atoms with Crippen molar-refractivity contribution in [2.75, 3.05) is 5.75 Å². The van der Waals surface area contributed by atoms with Crippen molar-refractivity contribution in [3.05, 3.63) is 65.2 Å². The van der Waals surface area contributed by atoms with Crippen LogP contribution in [0.15, 0.2) is 53.7 Å². The molecule has 1 N–H and O–H groups in total. The summed E-state index contributed by atoms with van der Waals surface area (Å²) in [5.74, 6) is 0.495. The summed E-state index contributed by atoms with van der Waals surface area (Å²) < 4.78 is 1.70. The monoisotopic (exact) mass is 326 g/mol. The van der Waals surface area contributed by atoms with Crippen LogP contribution >= 0.6 is 11.8 Å². The van der Waals surface area contributed by atoms with Crippen LogP contribution in [0.4, 0.5) is 0 Å². The third-order valence-corrected chi connectivity index (χ3v) is 4.73. The maximum absolute atomic E-state index is 10.3. The maximum atomic E-state index is 10.3. The van der Waals surface area contributed by atoms with Gasteiger partial charge in [-0.05, 0) is 53.1 Å². The van der Waals surface area contributed by atoms with Crippen LogP contribution in [-0.4, -0.2) is 31.1 Å². The molecule has 0 aliphatic rings. The predicted molar refractivity (Wildman–Crippen MR) is 90.8 cm³/mol. The number of tetrazole rings is 1. The van der Waals surface area contributed by atoms with Crippen LogP contribution in [0.2, 0.25) is 0 Å². The Morgan fingerprint density at radius 1 is 1.09 bits per heavy atom. The second-order valence-electron chi connectivity index (χ2n) is 5.38. The molecular formula is C17H18N4OS. The Morgan fingerprint density at radius 3 is 2.61 bits per heavy atom. The third-order valence-electron chi connectivity index (χ3n) is 3.73. The van der Waals surface area contributed by atoms with E-state index in [9.17, 15) is 5.11 Å². The van der Waals surface area contributed by atoms with Gasteiger partial charge in [-0.3, -0.25) is 0 Å². The Labute approximate surface area is 139 Å². The Balaban J connectivity index is 1.75. The van der Waals surface area contributed by atoms with Gasteiger partial charge in [-0.25, -0.2) is 0 Å². The quantitative estimate of drug-likeness (QED) is 0.730. The smallest absolute Gasteiger partial charge is 0.214 e. The Kier molecular flexibility index (Phi) is 4.73. The number of aryl methyl sites for hydroxylation is 2. The van der Waals surface area contributed by atoms with Crippen LogP contribution < -0.4 is 0 Å². The summed E-state index contributed by atoms with van der Waals surface area (Å²) in [4.78, 5) is 0. The molecule has 23 heavy (non-hydrogen) atoms. The van der Waals surface area contributed by atoms with Gasteiger partial charge in [0.15, 0.2) is 0 Å². The van der Waals surface area contributed by atoms with Gasteiger partial charge in [0.1, 0.15) is 0 Å². The van der Waals surface area contributed by atoms with Gasteiger partial charge in [-0.1, -0.05) is 48.2 Å². The van der Waals surface area contributed by atoms with Crippen LogP contribution in [-0.2, 0) is 0 Å². The van der Waals surface area contributed by atoms with Crippen molar-refractivity contribution < 1.29 is 5.11 Å². The van der Waals surface area contributed by atoms with Gasteiger partial charge in [0.25, 0.3) is 0 Å². The summed E-state index contributed by atoms with van der Waals surface area (Å²) in [6.45, 7) is 4.14. The molecule has 0 saturated carbocycles. The lowest BCUT2D eigenvalue weighted by Gasteiger charge is -2.10. The first-order chi connectivity index (χ1) is 11.1. The van der Waals surface area contributed by atoms with Crippen molar-refractivity contribution in [2.24, 2.45) is 0 Å². The molecule has 0 amide bonds. The summed E-state index contributed by atoms with van der Waals surface area (Å²) in [6.07, 6.45) is -0.550. The molecular weight excluding hydrogens is 308 g/mol. The second kappa shape index (κ2) is 6.93. The summed E-state index contributed by atoms with van der Waals surface area (Å²) in [5.41, 5.74) is 4.24. The topological polar surface area (TPSA) is 63.8 Å². The molecule has 118 valence electrons. The highest BCUT2D eigenvalue weighted by molar-refractivity contribution is 7.99. The molecule has 3 aromatic rings. The van der Waals surface area contributed by atoms with E-state index in [2.05, 4.69) is 41.5 Å². The van der Waals surface area contributed by atoms with E-state index in [4.69, 9.17) is 0 Å². The lowest BCUT2D eigenvalue weighted by molar-refractivity contribution is 0.204. The van der Waals surface area contributed by atoms with Gasteiger partial charge >= 0.3 is 0 Å². The van der Waals surface area contributed by atoms with Crippen LogP contribution in [0.25, 0.3) is 5.69 Å². The highest BCUT2D eigenvalue weighted by Crippen LogP contribution is 2.25. The number of thioether (sulfide) groups is 1. The number of nitrogens with zero attached hydrogens (tertiary/aromatic N) is 4. The SMILES string of the molecule is Cc1ccc(-n2nnnc2SCC(O)c2ccccc2)cc1C. The molecule has 1 atom stereocenters. The first-order valence-corrected chi connectivity index (χ1v) is 8.35. The minimum absolute atomic E-state index is 0.495. The summed E-state index contributed by atoms with van der Waals surface area (Å²) >= 11 is 1.44. The maximum Gasteiger partial charge on any atom is 0.214 e. The molecule has 0 spiro atoms. The Morgan fingerprint density at radius 2 is 1.87 bits per heavy atom. The lowest BCUT2D eigenvalue weighted by atomic mass is 10.1. The first kappa shape index (κ1) is 15.7. The minimum atomic E-state index is -0.550. The molecule has 6 heteroatoms. The molecule has 3 rings (SSSR count). The highest BCUT2D eigenvalue weighted by atomic mass is 32.2. The normalized spacial score (nSPS) is 12.3. The number of aromatic nitrogens is 4. The summed E-state index contributed by atoms with van der Waals surface area (Å²) in [6, 6.07) is 15.7. The molecule has 5 nitrogen and oxygen atoms in total. The van der Waals surface area contributed by atoms with Crippen LogP contribution in [0.5, 0.6) is 0 Å². The Bertz CT molecular complexity index is 788. The molecule has 0 aliphatic heterocycles. The molecule has 2 aromatic carbocycles. The summed E-state index contributed by atoms with van der Waals surface area (Å²) in [5, 5.41) is 22.8. The van der Waals surface area contributed by atoms with E-state index >= 15 is 0 Å². The van der Waals surface area contributed by atoms with E-state index < -0.39 is 6.10 Å². The molecule has 0 fully saturated rings. The molecule has 0 aliphatic carbocycles. The van der Waals surface area contributed by atoms with E-state index in [0.29, 0.717) is 10.9 Å². The average molecular weight is 326 g/mol. The predicted octanol–water partition coefficient (Wildman–Crippen LogP) is 3.10. The molecule has 0 radical (unpaired) electrons. The van der Waals surface area contributed by atoms with Gasteiger partial charge < -0.3 is 5.11 Å². The van der Waals surface area contributed by atoms with Crippen molar-refractivity contribution in [1.82, 2.24) is 20.2 Å². The van der Waals surface area contributed by atoms with Crippen molar-refractivity contribution in [1.29, 1.82) is 0 Å².